The molecular weight excluding hydrogens is 574 g/mol. The molecule has 0 unspecified atom stereocenters. The van der Waals surface area contributed by atoms with Gasteiger partial charge in [-0.15, -0.1) is 22.8 Å². The number of hydrogen-bond donors (Lipinski definition) is 0. The zero-order valence-corrected chi connectivity index (χ0v) is 20.5. The van der Waals surface area contributed by atoms with Crippen molar-refractivity contribution in [1.29, 1.82) is 0 Å². The van der Waals surface area contributed by atoms with Crippen LogP contribution in [-0.4, -0.2) is 11.4 Å². The molecule has 0 saturated carbocycles. The molecule has 144 valence electrons. The summed E-state index contributed by atoms with van der Waals surface area (Å²) in [5.41, 5.74) is 7.03. The Morgan fingerprint density at radius 1 is 0.607 bits per heavy atom. The molecule has 0 bridgehead atoms. The fourth-order valence-corrected chi connectivity index (χ4v) is 3.23. The predicted molar refractivity (Wildman–Crippen MR) is 138 cm³/mol. The van der Waals surface area contributed by atoms with Gasteiger partial charge in [-0.2, -0.15) is 0 Å². The molecule has 1 aliphatic heterocycles. The maximum absolute atomic E-state index is 4.84. The summed E-state index contributed by atoms with van der Waals surface area (Å²) in [7, 11) is 0. The number of aliphatic imine (C=N–C) groups is 2. The fraction of sp³-hybridized carbons (Fsp3) is 0.182. The summed E-state index contributed by atoms with van der Waals surface area (Å²) in [4.78, 5) is 9.67. The average Bonchev–Trinajstić information content (AvgIpc) is 2.68. The van der Waals surface area contributed by atoms with Crippen LogP contribution in [-0.2, 0) is 0 Å². The number of para-hydroxylation sites is 4. The molecule has 0 aromatic heterocycles. The van der Waals surface area contributed by atoms with E-state index in [0.29, 0.717) is 0 Å². The van der Waals surface area contributed by atoms with E-state index in [2.05, 4.69) is 45.2 Å². The molecule has 0 saturated heterocycles. The van der Waals surface area contributed by atoms with Gasteiger partial charge in [-0.25, -0.2) is 0 Å². The van der Waals surface area contributed by atoms with Gasteiger partial charge in [0.05, 0.1) is 0 Å². The third-order valence-corrected chi connectivity index (χ3v) is 7.31. The minimum atomic E-state index is 0.845. The molecule has 1 heterocycles. The molecule has 1 aliphatic rings. The first-order valence-corrected chi connectivity index (χ1v) is 11.0. The average molecular weight is 594 g/mol. The monoisotopic (exact) mass is 594 g/mol. The van der Waals surface area contributed by atoms with E-state index in [1.165, 1.54) is 0 Å². The SMILES string of the molecule is CC1=Nc2ccccc2[N-]/C(C)=C(/I)C(C)=Nc2ccccc2[N-]/C(C)=C\1I. The quantitative estimate of drug-likeness (QED) is 0.274. The van der Waals surface area contributed by atoms with Crippen molar-refractivity contribution in [2.45, 2.75) is 27.7 Å². The number of fused-ring (bicyclic) bond motifs is 2. The normalized spacial score (nSPS) is 20.6. The van der Waals surface area contributed by atoms with Gasteiger partial charge in [0, 0.05) is 30.0 Å². The van der Waals surface area contributed by atoms with Crippen LogP contribution in [0.25, 0.3) is 10.6 Å². The van der Waals surface area contributed by atoms with Gasteiger partial charge in [-0.05, 0) is 71.2 Å². The highest BCUT2D eigenvalue weighted by Crippen LogP contribution is 2.40. The van der Waals surface area contributed by atoms with Crippen molar-refractivity contribution in [3.05, 3.63) is 77.7 Å². The van der Waals surface area contributed by atoms with Crippen LogP contribution in [0.15, 0.2) is 77.1 Å². The topological polar surface area (TPSA) is 52.9 Å². The number of nitrogens with zero attached hydrogens (tertiary/aromatic N) is 4. The van der Waals surface area contributed by atoms with E-state index in [4.69, 9.17) is 20.6 Å². The van der Waals surface area contributed by atoms with Crippen LogP contribution in [0.1, 0.15) is 27.7 Å². The summed E-state index contributed by atoms with van der Waals surface area (Å²) in [5, 5.41) is 9.67. The lowest BCUT2D eigenvalue weighted by Gasteiger charge is -2.29. The zero-order valence-electron chi connectivity index (χ0n) is 16.2. The van der Waals surface area contributed by atoms with E-state index in [0.717, 1.165) is 52.7 Å². The smallest absolute Gasteiger partial charge is 0.0497 e. The second-order valence-electron chi connectivity index (χ2n) is 6.39. The Morgan fingerprint density at radius 2 is 0.964 bits per heavy atom. The number of rotatable bonds is 0. The van der Waals surface area contributed by atoms with Gasteiger partial charge in [-0.3, -0.25) is 9.98 Å². The largest absolute Gasteiger partial charge is 0.659 e. The Morgan fingerprint density at radius 3 is 1.36 bits per heavy atom. The van der Waals surface area contributed by atoms with Gasteiger partial charge in [-0.1, -0.05) is 50.2 Å². The van der Waals surface area contributed by atoms with Gasteiger partial charge in [0.25, 0.3) is 0 Å². The van der Waals surface area contributed by atoms with Crippen molar-refractivity contribution >= 4 is 79.4 Å². The van der Waals surface area contributed by atoms with E-state index in [9.17, 15) is 0 Å². The molecule has 0 aliphatic carbocycles. The molecule has 0 amide bonds. The van der Waals surface area contributed by atoms with Crippen LogP contribution in [0.5, 0.6) is 0 Å². The molecule has 0 atom stereocenters. The molecule has 0 spiro atoms. The van der Waals surface area contributed by atoms with E-state index in [1.54, 1.807) is 0 Å². The van der Waals surface area contributed by atoms with Crippen LogP contribution in [0, 0.1) is 0 Å². The summed E-state index contributed by atoms with van der Waals surface area (Å²) in [6.45, 7) is 8.02. The lowest BCUT2D eigenvalue weighted by Crippen LogP contribution is -1.96. The number of halogens is 2. The molecule has 2 aromatic carbocycles. The van der Waals surface area contributed by atoms with Crippen LogP contribution in [0.4, 0.5) is 22.7 Å². The molecule has 0 N–H and O–H groups in total. The van der Waals surface area contributed by atoms with Gasteiger partial charge >= 0.3 is 0 Å². The molecule has 3 rings (SSSR count). The molecule has 0 fully saturated rings. The van der Waals surface area contributed by atoms with Crippen molar-refractivity contribution < 1.29 is 0 Å². The van der Waals surface area contributed by atoms with Crippen molar-refractivity contribution in [1.82, 2.24) is 0 Å². The van der Waals surface area contributed by atoms with Gasteiger partial charge in [0.15, 0.2) is 0 Å². The molecule has 4 nitrogen and oxygen atoms in total. The van der Waals surface area contributed by atoms with E-state index < -0.39 is 0 Å². The number of allylic oxidation sites excluding steroid dienone is 4. The highest BCUT2D eigenvalue weighted by Gasteiger charge is 2.04. The van der Waals surface area contributed by atoms with E-state index in [1.807, 2.05) is 76.2 Å². The number of benzene rings is 2. The summed E-state index contributed by atoms with van der Waals surface area (Å²) in [6, 6.07) is 15.9. The Kier molecular flexibility index (Phi) is 6.92. The maximum atomic E-state index is 4.84. The second kappa shape index (κ2) is 9.21. The van der Waals surface area contributed by atoms with Crippen molar-refractivity contribution in [2.75, 3.05) is 0 Å². The standard InChI is InChI=1S/C22H20I2N4/c1-13-21(23)14(2)26-19-11-7-8-12-20(19)28-16(4)22(24)15(3)27-18-10-6-5-9-17(18)25-13/h5-12H,1-4H3/q-2/b21-13+,22-16+,26-14?,27-15?. The molecule has 6 heteroatoms. The molecule has 0 radical (unpaired) electrons. The van der Waals surface area contributed by atoms with E-state index in [-0.39, 0.29) is 0 Å². The Labute approximate surface area is 193 Å². The van der Waals surface area contributed by atoms with Crippen LogP contribution >= 0.6 is 45.2 Å². The summed E-state index contributed by atoms with van der Waals surface area (Å²) in [5.74, 6) is 0. The Bertz CT molecular complexity index is 949. The second-order valence-corrected chi connectivity index (χ2v) is 8.55. The zero-order chi connectivity index (χ0) is 20.3. The van der Waals surface area contributed by atoms with Crippen molar-refractivity contribution in [3.8, 4) is 0 Å². The lowest BCUT2D eigenvalue weighted by molar-refractivity contribution is 1.39. The summed E-state index contributed by atoms with van der Waals surface area (Å²) >= 11 is 4.62. The molecular formula is C22H20I2N4-2. The van der Waals surface area contributed by atoms with E-state index >= 15 is 0 Å². The van der Waals surface area contributed by atoms with Gasteiger partial charge in [0.1, 0.15) is 0 Å². The Balaban J connectivity index is 2.23. The third-order valence-electron chi connectivity index (χ3n) is 4.19. The van der Waals surface area contributed by atoms with Crippen molar-refractivity contribution in [3.63, 3.8) is 0 Å². The first-order chi connectivity index (χ1) is 13.4. The minimum absolute atomic E-state index is 0.845. The summed E-state index contributed by atoms with van der Waals surface area (Å²) in [6.07, 6.45) is 0. The van der Waals surface area contributed by atoms with Crippen LogP contribution in [0.2, 0.25) is 0 Å². The highest BCUT2D eigenvalue weighted by molar-refractivity contribution is 14.1. The Hall–Kier alpha value is -1.68. The lowest BCUT2D eigenvalue weighted by atomic mass is 10.2. The molecule has 2 aromatic rings. The van der Waals surface area contributed by atoms with Crippen molar-refractivity contribution in [2.24, 2.45) is 9.98 Å². The van der Waals surface area contributed by atoms with Crippen LogP contribution < -0.4 is 0 Å². The predicted octanol–water partition coefficient (Wildman–Crippen LogP) is 8.93. The molecule has 28 heavy (non-hydrogen) atoms. The number of hydrogen-bond acceptors (Lipinski definition) is 2. The van der Waals surface area contributed by atoms with Gasteiger partial charge in [0.2, 0.25) is 0 Å². The maximum Gasteiger partial charge on any atom is 0.0497 e. The fourth-order valence-electron chi connectivity index (χ4n) is 2.75. The first kappa shape index (κ1) is 21.0. The minimum Gasteiger partial charge on any atom is -0.659 e. The first-order valence-electron chi connectivity index (χ1n) is 8.82. The highest BCUT2D eigenvalue weighted by atomic mass is 127. The van der Waals surface area contributed by atoms with Crippen LogP contribution in [0.3, 0.4) is 0 Å². The third kappa shape index (κ3) is 4.83. The van der Waals surface area contributed by atoms with Gasteiger partial charge < -0.3 is 10.6 Å². The summed E-state index contributed by atoms with van der Waals surface area (Å²) < 4.78 is 2.03.